The molecular formula is C21H16N4S2. The summed E-state index contributed by atoms with van der Waals surface area (Å²) in [7, 11) is 0. The van der Waals surface area contributed by atoms with E-state index in [0.717, 1.165) is 33.3 Å². The van der Waals surface area contributed by atoms with Crippen molar-refractivity contribution in [3.63, 3.8) is 0 Å². The molecule has 0 aliphatic rings. The van der Waals surface area contributed by atoms with Crippen LogP contribution in [-0.4, -0.2) is 15.1 Å². The van der Waals surface area contributed by atoms with Gasteiger partial charge in [0.15, 0.2) is 5.11 Å². The molecule has 4 nitrogen and oxygen atoms in total. The minimum absolute atomic E-state index is 0.547. The fourth-order valence-corrected chi connectivity index (χ4v) is 3.62. The number of benzene rings is 2. The van der Waals surface area contributed by atoms with E-state index < -0.39 is 0 Å². The van der Waals surface area contributed by atoms with Crippen molar-refractivity contribution in [2.24, 2.45) is 0 Å². The van der Waals surface area contributed by atoms with Gasteiger partial charge in [-0.2, -0.15) is 0 Å². The Kier molecular flexibility index (Phi) is 5.18. The molecule has 0 saturated heterocycles. The van der Waals surface area contributed by atoms with Crippen LogP contribution in [0.25, 0.3) is 22.0 Å². The van der Waals surface area contributed by atoms with Gasteiger partial charge in [0.25, 0.3) is 0 Å². The van der Waals surface area contributed by atoms with Crippen molar-refractivity contribution in [3.05, 3.63) is 84.4 Å². The lowest BCUT2D eigenvalue weighted by molar-refractivity contribution is 1.29. The highest BCUT2D eigenvalue weighted by Gasteiger charge is 2.08. The molecule has 0 aliphatic heterocycles. The predicted octanol–water partition coefficient (Wildman–Crippen LogP) is 5.68. The molecule has 2 heterocycles. The van der Waals surface area contributed by atoms with Gasteiger partial charge < -0.3 is 10.6 Å². The average Bonchev–Trinajstić information content (AvgIpc) is 3.20. The summed E-state index contributed by atoms with van der Waals surface area (Å²) in [5.74, 6) is 0. The average molecular weight is 389 g/mol. The van der Waals surface area contributed by atoms with Gasteiger partial charge in [-0.05, 0) is 48.6 Å². The summed E-state index contributed by atoms with van der Waals surface area (Å²) >= 11 is 6.99. The Morgan fingerprint density at radius 3 is 2.41 bits per heavy atom. The number of thiocarbonyl (C=S) groups is 1. The van der Waals surface area contributed by atoms with Crippen LogP contribution in [-0.2, 0) is 0 Å². The summed E-state index contributed by atoms with van der Waals surface area (Å²) in [6.07, 6.45) is 1.78. The lowest BCUT2D eigenvalue weighted by Crippen LogP contribution is -2.18. The normalized spacial score (nSPS) is 10.4. The van der Waals surface area contributed by atoms with Gasteiger partial charge in [0.1, 0.15) is 5.01 Å². The van der Waals surface area contributed by atoms with Gasteiger partial charge in [0, 0.05) is 28.5 Å². The zero-order valence-corrected chi connectivity index (χ0v) is 15.9. The van der Waals surface area contributed by atoms with Crippen LogP contribution in [0, 0.1) is 0 Å². The third kappa shape index (κ3) is 4.36. The maximum absolute atomic E-state index is 5.40. The molecule has 6 heteroatoms. The van der Waals surface area contributed by atoms with E-state index in [9.17, 15) is 0 Å². The fraction of sp³-hybridized carbons (Fsp3) is 0. The number of anilines is 2. The Morgan fingerprint density at radius 1 is 0.815 bits per heavy atom. The van der Waals surface area contributed by atoms with Crippen LogP contribution in [0.3, 0.4) is 0 Å². The Balaban J connectivity index is 1.49. The van der Waals surface area contributed by atoms with E-state index in [1.807, 2.05) is 78.2 Å². The second-order valence-corrected chi connectivity index (χ2v) is 7.05. The third-order valence-corrected chi connectivity index (χ3v) is 4.90. The number of aromatic nitrogens is 2. The van der Waals surface area contributed by atoms with Crippen LogP contribution in [0.2, 0.25) is 0 Å². The van der Waals surface area contributed by atoms with Crippen molar-refractivity contribution in [1.29, 1.82) is 0 Å². The third-order valence-electron chi connectivity index (χ3n) is 3.84. The molecule has 0 spiro atoms. The molecule has 0 fully saturated rings. The molecule has 2 aromatic carbocycles. The van der Waals surface area contributed by atoms with E-state index >= 15 is 0 Å². The molecule has 0 radical (unpaired) electrons. The lowest BCUT2D eigenvalue weighted by atomic mass is 10.1. The number of thiazole rings is 1. The van der Waals surface area contributed by atoms with Crippen molar-refractivity contribution in [1.82, 2.24) is 9.97 Å². The standard InChI is InChI=1S/C21H16N4S2/c26-21(23-16-8-2-1-3-9-16)24-17-10-6-7-15(13-17)19-14-27-20(25-19)18-11-4-5-12-22-18/h1-14H,(H2,23,24,26). The summed E-state index contributed by atoms with van der Waals surface area (Å²) in [6.45, 7) is 0. The van der Waals surface area contributed by atoms with Crippen molar-refractivity contribution in [2.75, 3.05) is 10.6 Å². The smallest absolute Gasteiger partial charge is 0.175 e. The van der Waals surface area contributed by atoms with Crippen LogP contribution < -0.4 is 10.6 Å². The topological polar surface area (TPSA) is 49.8 Å². The van der Waals surface area contributed by atoms with E-state index in [0.29, 0.717) is 5.11 Å². The second kappa shape index (κ2) is 8.07. The number of nitrogens with one attached hydrogen (secondary N) is 2. The van der Waals surface area contributed by atoms with Gasteiger partial charge >= 0.3 is 0 Å². The van der Waals surface area contributed by atoms with E-state index in [1.54, 1.807) is 17.5 Å². The van der Waals surface area contributed by atoms with Gasteiger partial charge in [-0.15, -0.1) is 11.3 Å². The number of rotatable bonds is 4. The number of hydrogen-bond acceptors (Lipinski definition) is 4. The molecule has 0 saturated carbocycles. The molecule has 132 valence electrons. The quantitative estimate of drug-likeness (QED) is 0.440. The van der Waals surface area contributed by atoms with Crippen LogP contribution in [0.15, 0.2) is 84.4 Å². The van der Waals surface area contributed by atoms with Crippen LogP contribution >= 0.6 is 23.6 Å². The van der Waals surface area contributed by atoms with Crippen molar-refractivity contribution < 1.29 is 0 Å². The molecule has 0 atom stereocenters. The van der Waals surface area contributed by atoms with E-state index in [2.05, 4.69) is 15.6 Å². The van der Waals surface area contributed by atoms with Crippen molar-refractivity contribution >= 4 is 40.0 Å². The van der Waals surface area contributed by atoms with Crippen LogP contribution in [0.5, 0.6) is 0 Å². The van der Waals surface area contributed by atoms with Crippen LogP contribution in [0.4, 0.5) is 11.4 Å². The molecule has 0 aliphatic carbocycles. The highest BCUT2D eigenvalue weighted by molar-refractivity contribution is 7.80. The maximum atomic E-state index is 5.40. The summed E-state index contributed by atoms with van der Waals surface area (Å²) in [5, 5.41) is 9.90. The highest BCUT2D eigenvalue weighted by atomic mass is 32.1. The molecule has 2 N–H and O–H groups in total. The first kappa shape index (κ1) is 17.3. The first-order valence-electron chi connectivity index (χ1n) is 8.38. The van der Waals surface area contributed by atoms with Gasteiger partial charge in [0.05, 0.1) is 11.4 Å². The van der Waals surface area contributed by atoms with Crippen molar-refractivity contribution in [2.45, 2.75) is 0 Å². The minimum atomic E-state index is 0.547. The van der Waals surface area contributed by atoms with Gasteiger partial charge in [-0.3, -0.25) is 4.98 Å². The first-order chi connectivity index (χ1) is 13.3. The van der Waals surface area contributed by atoms with Crippen molar-refractivity contribution in [3.8, 4) is 22.0 Å². The monoisotopic (exact) mass is 388 g/mol. The maximum Gasteiger partial charge on any atom is 0.175 e. The zero-order chi connectivity index (χ0) is 18.5. The number of nitrogens with zero attached hydrogens (tertiary/aromatic N) is 2. The Hall–Kier alpha value is -3.09. The molecule has 27 heavy (non-hydrogen) atoms. The molecular weight excluding hydrogens is 372 g/mol. The summed E-state index contributed by atoms with van der Waals surface area (Å²) in [4.78, 5) is 9.08. The fourth-order valence-electron chi connectivity index (χ4n) is 2.58. The van der Waals surface area contributed by atoms with Crippen LogP contribution in [0.1, 0.15) is 0 Å². The summed E-state index contributed by atoms with van der Waals surface area (Å²) in [5.41, 5.74) is 4.70. The Labute approximate surface area is 167 Å². The zero-order valence-electron chi connectivity index (χ0n) is 14.3. The van der Waals surface area contributed by atoms with Gasteiger partial charge in [0.2, 0.25) is 0 Å². The van der Waals surface area contributed by atoms with E-state index in [-0.39, 0.29) is 0 Å². The van der Waals surface area contributed by atoms with E-state index in [1.165, 1.54) is 0 Å². The number of para-hydroxylation sites is 1. The molecule has 4 aromatic rings. The summed E-state index contributed by atoms with van der Waals surface area (Å²) in [6, 6.07) is 23.7. The first-order valence-corrected chi connectivity index (χ1v) is 9.67. The summed E-state index contributed by atoms with van der Waals surface area (Å²) < 4.78 is 0. The second-order valence-electron chi connectivity index (χ2n) is 5.78. The molecule has 2 aromatic heterocycles. The Bertz CT molecular complexity index is 1050. The molecule has 0 unspecified atom stereocenters. The molecule has 0 amide bonds. The van der Waals surface area contributed by atoms with Gasteiger partial charge in [-0.25, -0.2) is 4.98 Å². The largest absolute Gasteiger partial charge is 0.332 e. The van der Waals surface area contributed by atoms with E-state index in [4.69, 9.17) is 17.2 Å². The lowest BCUT2D eigenvalue weighted by Gasteiger charge is -2.11. The highest BCUT2D eigenvalue weighted by Crippen LogP contribution is 2.29. The SMILES string of the molecule is S=C(Nc1ccccc1)Nc1cccc(-c2csc(-c3ccccn3)n2)c1. The van der Waals surface area contributed by atoms with Gasteiger partial charge in [-0.1, -0.05) is 36.4 Å². The number of pyridine rings is 1. The number of hydrogen-bond donors (Lipinski definition) is 2. The minimum Gasteiger partial charge on any atom is -0.332 e. The predicted molar refractivity (Wildman–Crippen MR) is 117 cm³/mol. The molecule has 4 rings (SSSR count). The Morgan fingerprint density at radius 2 is 1.59 bits per heavy atom. The molecule has 0 bridgehead atoms.